The van der Waals surface area contributed by atoms with Crippen molar-refractivity contribution in [1.82, 2.24) is 9.78 Å². The van der Waals surface area contributed by atoms with Crippen LogP contribution in [0.3, 0.4) is 0 Å². The largest absolute Gasteiger partial charge is 0.437 e. The molecule has 0 atom stereocenters. The highest BCUT2D eigenvalue weighted by molar-refractivity contribution is 7.99. The van der Waals surface area contributed by atoms with Gasteiger partial charge in [-0.25, -0.2) is 13.2 Å². The van der Waals surface area contributed by atoms with E-state index < -0.39 is 35.0 Å². The highest BCUT2D eigenvalue weighted by Gasteiger charge is 2.41. The van der Waals surface area contributed by atoms with Gasteiger partial charge < -0.3 is 0 Å². The number of carbonyl (C=O) groups excluding carboxylic acids is 1. The molecule has 0 saturated heterocycles. The molecular weight excluding hydrogens is 420 g/mol. The Morgan fingerprint density at radius 2 is 1.69 bits per heavy atom. The Morgan fingerprint density at radius 1 is 1.03 bits per heavy atom. The van der Waals surface area contributed by atoms with Crippen LogP contribution >= 0.6 is 11.8 Å². The Bertz CT molecular complexity index is 1050. The number of hydrogen-bond donors (Lipinski definition) is 0. The standard InChI is InChI=1S/C18H11F6N3OS/c1-26-17(29-12-5-2-10(19)3-6-12)15(16(25-26)18(22,23)24)27(9-28)11-4-7-13(20)14(21)8-11/h2-9H,1H3. The Labute approximate surface area is 164 Å². The number of alkyl halides is 3. The van der Waals surface area contributed by atoms with Crippen molar-refractivity contribution >= 4 is 29.5 Å². The number of benzene rings is 2. The van der Waals surface area contributed by atoms with Crippen molar-refractivity contribution < 1.29 is 31.1 Å². The number of halogens is 6. The molecule has 11 heteroatoms. The summed E-state index contributed by atoms with van der Waals surface area (Å²) in [5.41, 5.74) is -2.37. The van der Waals surface area contributed by atoms with Gasteiger partial charge >= 0.3 is 6.18 Å². The molecule has 0 spiro atoms. The molecule has 4 nitrogen and oxygen atoms in total. The predicted octanol–water partition coefficient (Wildman–Crippen LogP) is 5.30. The number of anilines is 2. The highest BCUT2D eigenvalue weighted by Crippen LogP contribution is 2.45. The van der Waals surface area contributed by atoms with Crippen LogP contribution in [-0.2, 0) is 18.0 Å². The fourth-order valence-corrected chi connectivity index (χ4v) is 3.47. The first-order valence-electron chi connectivity index (χ1n) is 7.89. The van der Waals surface area contributed by atoms with Crippen molar-refractivity contribution in [2.75, 3.05) is 4.90 Å². The maximum absolute atomic E-state index is 13.6. The second-order valence-corrected chi connectivity index (χ2v) is 6.82. The minimum atomic E-state index is -4.94. The van der Waals surface area contributed by atoms with Crippen LogP contribution in [0, 0.1) is 17.5 Å². The maximum atomic E-state index is 13.6. The number of aromatic nitrogens is 2. The maximum Gasteiger partial charge on any atom is 0.437 e. The first kappa shape index (κ1) is 20.8. The molecule has 0 aliphatic heterocycles. The Balaban J connectivity index is 2.19. The van der Waals surface area contributed by atoms with Gasteiger partial charge in [-0.2, -0.15) is 18.3 Å². The molecule has 1 aromatic heterocycles. The Hall–Kier alpha value is -2.95. The van der Waals surface area contributed by atoms with Crippen LogP contribution in [0.25, 0.3) is 0 Å². The quantitative estimate of drug-likeness (QED) is 0.406. The van der Waals surface area contributed by atoms with Crippen molar-refractivity contribution in [3.63, 3.8) is 0 Å². The summed E-state index contributed by atoms with van der Waals surface area (Å²) in [7, 11) is 1.23. The molecule has 0 unspecified atom stereocenters. The highest BCUT2D eigenvalue weighted by atomic mass is 32.2. The Kier molecular flexibility index (Phi) is 5.60. The van der Waals surface area contributed by atoms with Crippen molar-refractivity contribution in [2.45, 2.75) is 16.1 Å². The minimum Gasteiger partial charge on any atom is -0.279 e. The third-order valence-electron chi connectivity index (χ3n) is 3.80. The molecule has 3 rings (SSSR count). The number of amides is 1. The SMILES string of the molecule is Cn1nc(C(F)(F)F)c(N(C=O)c2ccc(F)c(F)c2)c1Sc1ccc(F)cc1. The van der Waals surface area contributed by atoms with E-state index in [0.717, 1.165) is 34.6 Å². The van der Waals surface area contributed by atoms with Crippen molar-refractivity contribution in [2.24, 2.45) is 7.05 Å². The number of aryl methyl sites for hydroxylation is 1. The lowest BCUT2D eigenvalue weighted by molar-refractivity contribution is -0.140. The average Bonchev–Trinajstić information content (AvgIpc) is 2.97. The summed E-state index contributed by atoms with van der Waals surface area (Å²) in [6, 6.07) is 7.18. The first-order chi connectivity index (χ1) is 13.6. The lowest BCUT2D eigenvalue weighted by Gasteiger charge is -2.20. The zero-order chi connectivity index (χ0) is 21.3. The fourth-order valence-electron chi connectivity index (χ4n) is 2.51. The summed E-state index contributed by atoms with van der Waals surface area (Å²) in [5, 5.41) is 3.35. The first-order valence-corrected chi connectivity index (χ1v) is 8.70. The minimum absolute atomic E-state index is 0.0493. The van der Waals surface area contributed by atoms with Gasteiger partial charge in [-0.15, -0.1) is 0 Å². The van der Waals surface area contributed by atoms with E-state index in [1.165, 1.54) is 19.2 Å². The summed E-state index contributed by atoms with van der Waals surface area (Å²) in [5.74, 6) is -3.09. The van der Waals surface area contributed by atoms with Crippen LogP contribution in [-0.4, -0.2) is 16.2 Å². The molecule has 152 valence electrons. The van der Waals surface area contributed by atoms with Gasteiger partial charge in [0.25, 0.3) is 0 Å². The molecule has 1 amide bonds. The lowest BCUT2D eigenvalue weighted by Crippen LogP contribution is -2.19. The zero-order valence-corrected chi connectivity index (χ0v) is 15.4. The molecule has 2 aromatic carbocycles. The van der Waals surface area contributed by atoms with Crippen LogP contribution in [0.5, 0.6) is 0 Å². The van der Waals surface area contributed by atoms with Crippen LogP contribution in [0.1, 0.15) is 5.69 Å². The van der Waals surface area contributed by atoms with Gasteiger partial charge in [0.15, 0.2) is 17.3 Å². The summed E-state index contributed by atoms with van der Waals surface area (Å²) < 4.78 is 81.6. The van der Waals surface area contributed by atoms with Crippen molar-refractivity contribution in [3.8, 4) is 0 Å². The number of carbonyl (C=O) groups is 1. The molecule has 0 bridgehead atoms. The van der Waals surface area contributed by atoms with E-state index in [1.54, 1.807) is 0 Å². The second kappa shape index (κ2) is 7.82. The smallest absolute Gasteiger partial charge is 0.279 e. The summed E-state index contributed by atoms with van der Waals surface area (Å²) >= 11 is 0.798. The third-order valence-corrected chi connectivity index (χ3v) is 4.95. The number of hydrogen-bond acceptors (Lipinski definition) is 3. The van der Waals surface area contributed by atoms with Crippen LogP contribution in [0.4, 0.5) is 37.7 Å². The molecule has 0 N–H and O–H groups in total. The molecule has 0 radical (unpaired) electrons. The van der Waals surface area contributed by atoms with Gasteiger partial charge in [0.05, 0.1) is 5.69 Å². The molecule has 1 heterocycles. The van der Waals surface area contributed by atoms with E-state index in [2.05, 4.69) is 5.10 Å². The topological polar surface area (TPSA) is 38.1 Å². The molecule has 29 heavy (non-hydrogen) atoms. The van der Waals surface area contributed by atoms with Crippen LogP contribution in [0.2, 0.25) is 0 Å². The van der Waals surface area contributed by atoms with E-state index in [9.17, 15) is 31.1 Å². The van der Waals surface area contributed by atoms with E-state index in [4.69, 9.17) is 0 Å². The fraction of sp³-hybridized carbons (Fsp3) is 0.111. The molecule has 0 aliphatic rings. The summed E-state index contributed by atoms with van der Waals surface area (Å²) in [4.78, 5) is 12.6. The van der Waals surface area contributed by atoms with Gasteiger partial charge in [-0.1, -0.05) is 11.8 Å². The number of rotatable bonds is 5. The molecule has 0 saturated carbocycles. The Morgan fingerprint density at radius 3 is 2.24 bits per heavy atom. The van der Waals surface area contributed by atoms with E-state index in [1.807, 2.05) is 0 Å². The molecule has 3 aromatic rings. The monoisotopic (exact) mass is 431 g/mol. The van der Waals surface area contributed by atoms with E-state index >= 15 is 0 Å². The zero-order valence-electron chi connectivity index (χ0n) is 14.5. The molecule has 0 fully saturated rings. The third kappa shape index (κ3) is 4.24. The van der Waals surface area contributed by atoms with Gasteiger partial charge in [-0.3, -0.25) is 14.4 Å². The van der Waals surface area contributed by atoms with E-state index in [-0.39, 0.29) is 17.1 Å². The lowest BCUT2D eigenvalue weighted by atomic mass is 10.2. The number of nitrogens with zero attached hydrogens (tertiary/aromatic N) is 3. The normalized spacial score (nSPS) is 11.6. The van der Waals surface area contributed by atoms with Crippen molar-refractivity contribution in [1.29, 1.82) is 0 Å². The average molecular weight is 431 g/mol. The van der Waals surface area contributed by atoms with Gasteiger partial charge in [0.2, 0.25) is 6.41 Å². The molecular formula is C18H11F6N3OS. The van der Waals surface area contributed by atoms with Gasteiger partial charge in [0, 0.05) is 18.0 Å². The van der Waals surface area contributed by atoms with Crippen LogP contribution in [0.15, 0.2) is 52.4 Å². The van der Waals surface area contributed by atoms with Gasteiger partial charge in [0.1, 0.15) is 16.5 Å². The second-order valence-electron chi connectivity index (χ2n) is 5.75. The van der Waals surface area contributed by atoms with Gasteiger partial charge in [-0.05, 0) is 36.4 Å². The summed E-state index contributed by atoms with van der Waals surface area (Å²) in [6.07, 6.45) is -4.89. The van der Waals surface area contributed by atoms with Crippen molar-refractivity contribution in [3.05, 3.63) is 65.6 Å². The summed E-state index contributed by atoms with van der Waals surface area (Å²) in [6.45, 7) is 0. The predicted molar refractivity (Wildman–Crippen MR) is 93.3 cm³/mol. The van der Waals surface area contributed by atoms with Crippen LogP contribution < -0.4 is 4.90 Å². The molecule has 0 aliphatic carbocycles. The van der Waals surface area contributed by atoms with E-state index in [0.29, 0.717) is 21.9 Å².